The van der Waals surface area contributed by atoms with E-state index in [0.29, 0.717) is 28.1 Å². The summed E-state index contributed by atoms with van der Waals surface area (Å²) in [6.45, 7) is 5.39. The number of carbonyl (C=O) groups excluding carboxylic acids is 2. The van der Waals surface area contributed by atoms with Gasteiger partial charge in [-0.15, -0.1) is 13.2 Å². The molecule has 1 aromatic heterocycles. The van der Waals surface area contributed by atoms with E-state index in [1.54, 1.807) is 62.4 Å². The molecule has 0 radical (unpaired) electrons. The summed E-state index contributed by atoms with van der Waals surface area (Å²) in [5.41, 5.74) is 2.25. The van der Waals surface area contributed by atoms with Gasteiger partial charge in [0, 0.05) is 18.1 Å². The molecule has 0 bridgehead atoms. The van der Waals surface area contributed by atoms with Crippen molar-refractivity contribution >= 4 is 29.1 Å². The van der Waals surface area contributed by atoms with E-state index >= 15 is 0 Å². The molecule has 39 heavy (non-hydrogen) atoms. The molecule has 7 nitrogen and oxygen atoms in total. The lowest BCUT2D eigenvalue weighted by molar-refractivity contribution is -0.274. The molecule has 1 aliphatic heterocycles. The Labute approximate surface area is 222 Å². The van der Waals surface area contributed by atoms with Crippen molar-refractivity contribution in [1.29, 1.82) is 0 Å². The van der Waals surface area contributed by atoms with E-state index in [0.717, 1.165) is 11.6 Å². The smallest absolute Gasteiger partial charge is 0.405 e. The van der Waals surface area contributed by atoms with Gasteiger partial charge in [0.2, 0.25) is 11.9 Å². The lowest BCUT2D eigenvalue weighted by atomic mass is 9.81. The Bertz CT molecular complexity index is 1570. The molecule has 0 aliphatic carbocycles. The third-order valence-electron chi connectivity index (χ3n) is 6.47. The summed E-state index contributed by atoms with van der Waals surface area (Å²) >= 11 is 0. The normalized spacial score (nSPS) is 14.2. The van der Waals surface area contributed by atoms with Crippen LogP contribution in [0.15, 0.2) is 79.1 Å². The number of aryl methyl sites for hydroxylation is 1. The number of rotatable bonds is 5. The second-order valence-electron chi connectivity index (χ2n) is 9.59. The number of nitrogens with one attached hydrogen (secondary N) is 1. The summed E-state index contributed by atoms with van der Waals surface area (Å²) in [4.78, 5) is 36.6. The standard InChI is InChI=1S/C29H23F3N4O3/c1-17-8-11-19(12-9-17)35-25(37)21-16-18(10-13-23(21)39-29(30,31)32)20-6-4-7-22-24(20)28(2,3)26(38)36(22)27-33-14-5-15-34-27/h4-16H,1-3H3,(H,35,37). The lowest BCUT2D eigenvalue weighted by Gasteiger charge is -2.20. The van der Waals surface area contributed by atoms with Gasteiger partial charge in [-0.25, -0.2) is 14.9 Å². The van der Waals surface area contributed by atoms with Crippen molar-refractivity contribution in [2.45, 2.75) is 32.5 Å². The number of halogens is 3. The monoisotopic (exact) mass is 532 g/mol. The van der Waals surface area contributed by atoms with E-state index in [2.05, 4.69) is 20.0 Å². The van der Waals surface area contributed by atoms with Gasteiger partial charge in [0.25, 0.3) is 5.91 Å². The zero-order chi connectivity index (χ0) is 27.9. The van der Waals surface area contributed by atoms with Crippen LogP contribution in [0.4, 0.5) is 30.5 Å². The van der Waals surface area contributed by atoms with E-state index in [-0.39, 0.29) is 17.4 Å². The fourth-order valence-electron chi connectivity index (χ4n) is 4.65. The Morgan fingerprint density at radius 1 is 0.974 bits per heavy atom. The molecule has 0 spiro atoms. The topological polar surface area (TPSA) is 84.4 Å². The number of benzene rings is 3. The van der Waals surface area contributed by atoms with Gasteiger partial charge in [0.15, 0.2) is 0 Å². The number of carbonyl (C=O) groups is 2. The molecule has 5 rings (SSSR count). The number of ether oxygens (including phenoxy) is 1. The number of amides is 2. The van der Waals surface area contributed by atoms with Gasteiger partial charge in [-0.2, -0.15) is 0 Å². The highest BCUT2D eigenvalue weighted by Crippen LogP contribution is 2.49. The van der Waals surface area contributed by atoms with E-state index in [9.17, 15) is 22.8 Å². The van der Waals surface area contributed by atoms with Gasteiger partial charge < -0.3 is 10.1 Å². The number of hydrogen-bond donors (Lipinski definition) is 1. The first-order valence-electron chi connectivity index (χ1n) is 12.0. The molecule has 1 aliphatic rings. The van der Waals surface area contributed by atoms with Crippen molar-refractivity contribution in [3.63, 3.8) is 0 Å². The fourth-order valence-corrected chi connectivity index (χ4v) is 4.65. The maximum Gasteiger partial charge on any atom is 0.573 e. The van der Waals surface area contributed by atoms with Crippen molar-refractivity contribution in [2.75, 3.05) is 10.2 Å². The Kier molecular flexibility index (Phi) is 6.33. The summed E-state index contributed by atoms with van der Waals surface area (Å²) in [5.74, 6) is -1.47. The van der Waals surface area contributed by atoms with Crippen molar-refractivity contribution in [1.82, 2.24) is 9.97 Å². The van der Waals surface area contributed by atoms with Crippen molar-refractivity contribution in [3.8, 4) is 16.9 Å². The second kappa shape index (κ2) is 9.54. The van der Waals surface area contributed by atoms with Crippen LogP contribution in [0.3, 0.4) is 0 Å². The van der Waals surface area contributed by atoms with Gasteiger partial charge >= 0.3 is 6.36 Å². The minimum atomic E-state index is -5.00. The second-order valence-corrected chi connectivity index (χ2v) is 9.59. The van der Waals surface area contributed by atoms with Crippen molar-refractivity contribution < 1.29 is 27.5 Å². The Morgan fingerprint density at radius 3 is 2.33 bits per heavy atom. The maximum atomic E-state index is 13.5. The van der Waals surface area contributed by atoms with Crippen molar-refractivity contribution in [2.24, 2.45) is 0 Å². The zero-order valence-corrected chi connectivity index (χ0v) is 21.2. The summed E-state index contributed by atoms with van der Waals surface area (Å²) in [6, 6.07) is 17.6. The van der Waals surface area contributed by atoms with Gasteiger partial charge in [0.1, 0.15) is 5.75 Å². The van der Waals surface area contributed by atoms with E-state index in [1.165, 1.54) is 29.4 Å². The largest absolute Gasteiger partial charge is 0.573 e. The Morgan fingerprint density at radius 2 is 1.67 bits per heavy atom. The third-order valence-corrected chi connectivity index (χ3v) is 6.47. The number of fused-ring (bicyclic) bond motifs is 1. The lowest BCUT2D eigenvalue weighted by Crippen LogP contribution is -2.34. The minimum absolute atomic E-state index is 0.207. The fraction of sp³-hybridized carbons (Fsp3) is 0.172. The quantitative estimate of drug-likeness (QED) is 0.315. The average Bonchev–Trinajstić information content (AvgIpc) is 3.10. The summed E-state index contributed by atoms with van der Waals surface area (Å²) in [6.07, 6.45) is -1.94. The first-order chi connectivity index (χ1) is 18.5. The molecule has 2 heterocycles. The van der Waals surface area contributed by atoms with Gasteiger partial charge in [0.05, 0.1) is 16.7 Å². The number of anilines is 3. The maximum absolute atomic E-state index is 13.5. The molecule has 198 valence electrons. The van der Waals surface area contributed by atoms with Crippen LogP contribution in [-0.4, -0.2) is 28.1 Å². The van der Waals surface area contributed by atoms with Crippen LogP contribution in [-0.2, 0) is 10.2 Å². The highest BCUT2D eigenvalue weighted by atomic mass is 19.4. The van der Waals surface area contributed by atoms with Gasteiger partial charge in [-0.3, -0.25) is 9.59 Å². The van der Waals surface area contributed by atoms with Crippen LogP contribution in [0.25, 0.3) is 11.1 Å². The van der Waals surface area contributed by atoms with E-state index in [4.69, 9.17) is 0 Å². The molecule has 10 heteroatoms. The third kappa shape index (κ3) is 4.93. The van der Waals surface area contributed by atoms with E-state index < -0.39 is 23.4 Å². The highest BCUT2D eigenvalue weighted by Gasteiger charge is 2.47. The van der Waals surface area contributed by atoms with Crippen LogP contribution in [0.5, 0.6) is 5.75 Å². The van der Waals surface area contributed by atoms with Gasteiger partial charge in [-0.05, 0) is 73.9 Å². The molecule has 4 aromatic rings. The Balaban J connectivity index is 1.63. The van der Waals surface area contributed by atoms with Crippen LogP contribution < -0.4 is 15.0 Å². The van der Waals surface area contributed by atoms with Crippen LogP contribution in [0.1, 0.15) is 35.3 Å². The molecule has 0 fully saturated rings. The number of aromatic nitrogens is 2. The summed E-state index contributed by atoms with van der Waals surface area (Å²) in [5, 5.41) is 2.63. The van der Waals surface area contributed by atoms with Crippen molar-refractivity contribution in [3.05, 3.63) is 95.8 Å². The summed E-state index contributed by atoms with van der Waals surface area (Å²) in [7, 11) is 0. The highest BCUT2D eigenvalue weighted by molar-refractivity contribution is 6.13. The van der Waals surface area contributed by atoms with Crippen LogP contribution in [0.2, 0.25) is 0 Å². The van der Waals surface area contributed by atoms with Crippen LogP contribution in [0, 0.1) is 6.92 Å². The predicted molar refractivity (Wildman–Crippen MR) is 140 cm³/mol. The predicted octanol–water partition coefficient (Wildman–Crippen LogP) is 6.56. The molecule has 0 saturated heterocycles. The summed E-state index contributed by atoms with van der Waals surface area (Å²) < 4.78 is 43.8. The minimum Gasteiger partial charge on any atom is -0.405 e. The number of hydrogen-bond acceptors (Lipinski definition) is 5. The SMILES string of the molecule is Cc1ccc(NC(=O)c2cc(-c3cccc4c3C(C)(C)C(=O)N4c3ncccn3)ccc2OC(F)(F)F)cc1. The molecule has 0 atom stereocenters. The first kappa shape index (κ1) is 25.9. The number of alkyl halides is 3. The van der Waals surface area contributed by atoms with Gasteiger partial charge in [-0.1, -0.05) is 35.9 Å². The molecule has 0 saturated carbocycles. The van der Waals surface area contributed by atoms with E-state index in [1.807, 2.05) is 6.92 Å². The van der Waals surface area contributed by atoms with Crippen LogP contribution >= 0.6 is 0 Å². The molecular formula is C29H23F3N4O3. The molecule has 1 N–H and O–H groups in total. The number of nitrogens with zero attached hydrogens (tertiary/aromatic N) is 3. The average molecular weight is 533 g/mol. The molecule has 2 amide bonds. The Hall–Kier alpha value is -4.73. The molecule has 3 aromatic carbocycles. The molecule has 0 unspecified atom stereocenters. The zero-order valence-electron chi connectivity index (χ0n) is 21.2. The molecular weight excluding hydrogens is 509 g/mol. The first-order valence-corrected chi connectivity index (χ1v) is 12.0.